The molecule has 1 saturated heterocycles. The van der Waals surface area contributed by atoms with E-state index >= 15 is 0 Å². The molecule has 7 nitrogen and oxygen atoms in total. The van der Waals surface area contributed by atoms with Gasteiger partial charge in [0.2, 0.25) is 5.91 Å². The van der Waals surface area contributed by atoms with Crippen molar-refractivity contribution in [2.45, 2.75) is 18.6 Å². The number of benzene rings is 3. The summed E-state index contributed by atoms with van der Waals surface area (Å²) in [5.41, 5.74) is 2.92. The van der Waals surface area contributed by atoms with Crippen molar-refractivity contribution in [3.63, 3.8) is 0 Å². The normalized spacial score (nSPS) is 15.4. The summed E-state index contributed by atoms with van der Waals surface area (Å²) in [6.45, 7) is 2.04. The maximum atomic E-state index is 12.6. The molecule has 8 heteroatoms. The van der Waals surface area contributed by atoms with Gasteiger partial charge in [-0.05, 0) is 72.5 Å². The monoisotopic (exact) mass is 503 g/mol. The smallest absolute Gasteiger partial charge is 0.338 e. The fraction of sp³-hybridized carbons (Fsp3) is 0.179. The minimum Gasteiger partial charge on any atom is -0.497 e. The molecule has 3 aromatic rings. The van der Waals surface area contributed by atoms with Gasteiger partial charge < -0.3 is 14.2 Å². The van der Waals surface area contributed by atoms with E-state index < -0.39 is 11.2 Å². The molecule has 36 heavy (non-hydrogen) atoms. The first-order chi connectivity index (χ1) is 17.4. The van der Waals surface area contributed by atoms with Gasteiger partial charge in [0.25, 0.3) is 5.24 Å². The topological polar surface area (TPSA) is 90.9 Å². The number of nitrogens with one attached hydrogen (secondary N) is 1. The molecule has 2 amide bonds. The molecule has 0 aromatic heterocycles. The summed E-state index contributed by atoms with van der Waals surface area (Å²) >= 11 is 1.01. The van der Waals surface area contributed by atoms with E-state index in [1.165, 1.54) is 0 Å². The molecule has 1 aliphatic rings. The first kappa shape index (κ1) is 25.1. The highest BCUT2D eigenvalue weighted by atomic mass is 32.2. The molecule has 1 atom stereocenters. The first-order valence-corrected chi connectivity index (χ1v) is 12.2. The van der Waals surface area contributed by atoms with Crippen LogP contribution in [0.1, 0.15) is 23.6 Å². The van der Waals surface area contributed by atoms with Crippen LogP contribution in [0.4, 0.5) is 4.79 Å². The third-order valence-corrected chi connectivity index (χ3v) is 6.42. The van der Waals surface area contributed by atoms with Crippen molar-refractivity contribution in [2.24, 2.45) is 0 Å². The Hall–Kier alpha value is -4.04. The average molecular weight is 504 g/mol. The van der Waals surface area contributed by atoms with Gasteiger partial charge in [-0.1, -0.05) is 48.2 Å². The van der Waals surface area contributed by atoms with Crippen LogP contribution in [0.5, 0.6) is 17.2 Å². The predicted molar refractivity (Wildman–Crippen MR) is 139 cm³/mol. The summed E-state index contributed by atoms with van der Waals surface area (Å²) in [4.78, 5) is 35.8. The molecular formula is C28H25NO6S. The van der Waals surface area contributed by atoms with Gasteiger partial charge in [0, 0.05) is 0 Å². The van der Waals surface area contributed by atoms with Crippen molar-refractivity contribution in [2.75, 3.05) is 13.7 Å². The number of imide groups is 1. The van der Waals surface area contributed by atoms with Crippen molar-refractivity contribution < 1.29 is 28.6 Å². The summed E-state index contributed by atoms with van der Waals surface area (Å²) in [7, 11) is 1.60. The van der Waals surface area contributed by atoms with Gasteiger partial charge in [0.05, 0.1) is 24.5 Å². The zero-order valence-corrected chi connectivity index (χ0v) is 20.7. The minimum absolute atomic E-state index is 0.256. The molecule has 0 aliphatic carbocycles. The van der Waals surface area contributed by atoms with Crippen LogP contribution in [0.25, 0.3) is 11.6 Å². The number of hydrogen-bond donors (Lipinski definition) is 1. The Bertz CT molecular complexity index is 1270. The van der Waals surface area contributed by atoms with Crippen molar-refractivity contribution in [3.8, 4) is 17.2 Å². The van der Waals surface area contributed by atoms with Gasteiger partial charge >= 0.3 is 5.97 Å². The number of thioether (sulfide) groups is 1. The Balaban J connectivity index is 1.46. The zero-order valence-electron chi connectivity index (χ0n) is 19.9. The maximum Gasteiger partial charge on any atom is 0.338 e. The second-order valence-electron chi connectivity index (χ2n) is 7.91. The van der Waals surface area contributed by atoms with Gasteiger partial charge in [-0.2, -0.15) is 0 Å². The number of carbonyl (C=O) groups excluding carboxylic acids is 3. The number of amides is 2. The molecule has 184 valence electrons. The van der Waals surface area contributed by atoms with Gasteiger partial charge in [0.1, 0.15) is 17.2 Å². The molecule has 0 radical (unpaired) electrons. The molecule has 0 spiro atoms. The SMILES string of the molecule is CCOC(=O)/C(=C/c1ccc(OC)cc1)c1ccc(Oc2ccc(CC3SC(=O)NC3=O)cc2)cc1. The van der Waals surface area contributed by atoms with E-state index in [9.17, 15) is 14.4 Å². The minimum atomic E-state index is -0.409. The Kier molecular flexibility index (Phi) is 8.07. The molecule has 0 bridgehead atoms. The van der Waals surface area contributed by atoms with Gasteiger partial charge in [-0.15, -0.1) is 0 Å². The molecule has 1 unspecified atom stereocenters. The fourth-order valence-electron chi connectivity index (χ4n) is 3.61. The van der Waals surface area contributed by atoms with Crippen LogP contribution in [-0.2, 0) is 20.7 Å². The van der Waals surface area contributed by atoms with Crippen LogP contribution >= 0.6 is 11.8 Å². The zero-order chi connectivity index (χ0) is 25.5. The van der Waals surface area contributed by atoms with Crippen LogP contribution in [0.2, 0.25) is 0 Å². The summed E-state index contributed by atoms with van der Waals surface area (Å²) in [5.74, 6) is 1.31. The molecule has 1 heterocycles. The largest absolute Gasteiger partial charge is 0.497 e. The van der Waals surface area contributed by atoms with Crippen LogP contribution in [0, 0.1) is 0 Å². The molecular weight excluding hydrogens is 478 g/mol. The summed E-state index contributed by atoms with van der Waals surface area (Å²) in [6, 6.07) is 22.0. The van der Waals surface area contributed by atoms with Crippen LogP contribution < -0.4 is 14.8 Å². The van der Waals surface area contributed by atoms with E-state index in [0.29, 0.717) is 29.1 Å². The summed E-state index contributed by atoms with van der Waals surface area (Å²) in [6.07, 6.45) is 2.25. The lowest BCUT2D eigenvalue weighted by molar-refractivity contribution is -0.136. The second kappa shape index (κ2) is 11.6. The van der Waals surface area contributed by atoms with Gasteiger partial charge in [0.15, 0.2) is 0 Å². The molecule has 0 saturated carbocycles. The Morgan fingerprint density at radius 3 is 2.08 bits per heavy atom. The van der Waals surface area contributed by atoms with Gasteiger partial charge in [-0.25, -0.2) is 4.79 Å². The third kappa shape index (κ3) is 6.34. The standard InChI is InChI=1S/C28H25NO6S/c1-3-34-27(31)24(16-18-4-10-21(33-2)11-5-18)20-8-14-23(15-9-20)35-22-12-6-19(7-13-22)17-25-26(30)29-28(32)36-25/h4-16,25H,3,17H2,1-2H3,(H,29,30,32)/b24-16+. The molecule has 1 fully saturated rings. The molecule has 1 aliphatic heterocycles. The van der Waals surface area contributed by atoms with E-state index in [1.807, 2.05) is 60.7 Å². The van der Waals surface area contributed by atoms with Crippen LogP contribution in [0.15, 0.2) is 72.8 Å². The lowest BCUT2D eigenvalue weighted by Gasteiger charge is -2.11. The highest BCUT2D eigenvalue weighted by Gasteiger charge is 2.31. The van der Waals surface area contributed by atoms with Crippen molar-refractivity contribution in [3.05, 3.63) is 89.5 Å². The maximum absolute atomic E-state index is 12.6. The van der Waals surface area contributed by atoms with E-state index in [1.54, 1.807) is 32.2 Å². The van der Waals surface area contributed by atoms with E-state index in [4.69, 9.17) is 14.2 Å². The van der Waals surface area contributed by atoms with Crippen molar-refractivity contribution >= 4 is 40.5 Å². The van der Waals surface area contributed by atoms with Crippen LogP contribution in [-0.4, -0.2) is 36.1 Å². The summed E-state index contributed by atoms with van der Waals surface area (Å²) in [5, 5.41) is 1.58. The van der Waals surface area contributed by atoms with Gasteiger partial charge in [-0.3, -0.25) is 14.9 Å². The Morgan fingerprint density at radius 1 is 0.917 bits per heavy atom. The van der Waals surface area contributed by atoms with E-state index in [-0.39, 0.29) is 17.8 Å². The number of rotatable bonds is 9. The summed E-state index contributed by atoms with van der Waals surface area (Å²) < 4.78 is 16.4. The first-order valence-electron chi connectivity index (χ1n) is 11.4. The lowest BCUT2D eigenvalue weighted by Crippen LogP contribution is -2.25. The third-order valence-electron chi connectivity index (χ3n) is 5.43. The molecule has 3 aromatic carbocycles. The van der Waals surface area contributed by atoms with Crippen molar-refractivity contribution in [1.82, 2.24) is 5.32 Å². The predicted octanol–water partition coefficient (Wildman–Crippen LogP) is 5.49. The highest BCUT2D eigenvalue weighted by Crippen LogP contribution is 2.28. The van der Waals surface area contributed by atoms with Crippen LogP contribution in [0.3, 0.4) is 0 Å². The second-order valence-corrected chi connectivity index (χ2v) is 9.08. The number of ether oxygens (including phenoxy) is 3. The van der Waals surface area contributed by atoms with E-state index in [0.717, 1.165) is 28.6 Å². The van der Waals surface area contributed by atoms with E-state index in [2.05, 4.69) is 5.32 Å². The number of esters is 1. The average Bonchev–Trinajstić information content (AvgIpc) is 3.21. The fourth-order valence-corrected chi connectivity index (χ4v) is 4.47. The van der Waals surface area contributed by atoms with Crippen molar-refractivity contribution in [1.29, 1.82) is 0 Å². The number of carbonyl (C=O) groups is 3. The number of methoxy groups -OCH3 is 1. The number of hydrogen-bond acceptors (Lipinski definition) is 7. The molecule has 4 rings (SSSR count). The molecule has 1 N–H and O–H groups in total. The Labute approximate surface area is 213 Å². The lowest BCUT2D eigenvalue weighted by atomic mass is 10.0. The quantitative estimate of drug-likeness (QED) is 0.235. The highest BCUT2D eigenvalue weighted by molar-refractivity contribution is 8.15. The Morgan fingerprint density at radius 2 is 1.53 bits per heavy atom.